The van der Waals surface area contributed by atoms with Gasteiger partial charge in [-0.15, -0.1) is 11.8 Å². The van der Waals surface area contributed by atoms with E-state index in [1.807, 2.05) is 13.0 Å². The molecule has 0 spiro atoms. The molecule has 33 heavy (non-hydrogen) atoms. The summed E-state index contributed by atoms with van der Waals surface area (Å²) in [7, 11) is 1.74. The Kier molecular flexibility index (Phi) is 5.98. The van der Waals surface area contributed by atoms with Gasteiger partial charge in [0.15, 0.2) is 5.13 Å². The maximum atomic E-state index is 13.8. The Bertz CT molecular complexity index is 1410. The molecule has 1 aliphatic heterocycles. The number of aryl methyl sites for hydroxylation is 1. The van der Waals surface area contributed by atoms with Crippen LogP contribution in [0.3, 0.4) is 0 Å². The van der Waals surface area contributed by atoms with E-state index in [1.54, 1.807) is 36.4 Å². The Balaban J connectivity index is 1.84. The third-order valence-corrected chi connectivity index (χ3v) is 7.63. The number of carbonyl (C=O) groups is 1. The monoisotopic (exact) mass is 484 g/mol. The quantitative estimate of drug-likeness (QED) is 0.345. The van der Waals surface area contributed by atoms with Crippen LogP contribution in [0, 0.1) is 18.2 Å². The van der Waals surface area contributed by atoms with Crippen LogP contribution >= 0.6 is 23.1 Å². The molecule has 0 radical (unpaired) electrons. The van der Waals surface area contributed by atoms with Crippen LogP contribution in [-0.4, -0.2) is 26.3 Å². The lowest BCUT2D eigenvalue weighted by atomic mass is 9.99. The molecule has 7 nitrogen and oxygen atoms in total. The summed E-state index contributed by atoms with van der Waals surface area (Å²) in [5.41, 5.74) is 3.02. The van der Waals surface area contributed by atoms with Gasteiger partial charge in [-0.1, -0.05) is 23.5 Å². The van der Waals surface area contributed by atoms with Gasteiger partial charge in [0.05, 0.1) is 9.90 Å². The predicted molar refractivity (Wildman–Crippen MR) is 130 cm³/mol. The largest absolute Gasteiger partial charge is 0.477 e. The topological polar surface area (TPSA) is 108 Å². The molecule has 0 saturated carbocycles. The Labute approximate surface area is 197 Å². The molecule has 10 heteroatoms. The summed E-state index contributed by atoms with van der Waals surface area (Å²) >= 11 is 2.86. The molecule has 1 aromatic carbocycles. The smallest absolute Gasteiger partial charge is 0.353 e. The van der Waals surface area contributed by atoms with Gasteiger partial charge < -0.3 is 20.4 Å². The molecule has 0 fully saturated rings. The van der Waals surface area contributed by atoms with Crippen LogP contribution in [0.15, 0.2) is 45.0 Å². The van der Waals surface area contributed by atoms with Crippen molar-refractivity contribution in [2.75, 3.05) is 5.32 Å². The molecule has 4 rings (SSSR count). The third kappa shape index (κ3) is 4.11. The van der Waals surface area contributed by atoms with Crippen LogP contribution in [0.1, 0.15) is 35.9 Å². The number of aliphatic carboxylic acids is 1. The van der Waals surface area contributed by atoms with Gasteiger partial charge in [-0.05, 0) is 44.5 Å². The predicted octanol–water partition coefficient (Wildman–Crippen LogP) is 5.07. The van der Waals surface area contributed by atoms with Crippen molar-refractivity contribution in [1.29, 1.82) is 5.41 Å². The first kappa shape index (κ1) is 22.9. The number of pyridine rings is 1. The molecular formula is C23H21FN4O3S2. The number of carboxylic acid groups (broad SMARTS) is 1. The normalized spacial score (nSPS) is 15.4. The molecule has 3 heterocycles. The Morgan fingerprint density at radius 2 is 2.06 bits per heavy atom. The number of fused-ring (bicyclic) bond motifs is 3. The second kappa shape index (κ2) is 8.60. The van der Waals surface area contributed by atoms with Crippen LogP contribution in [0.2, 0.25) is 0 Å². The average Bonchev–Trinajstić information content (AvgIpc) is 3.13. The van der Waals surface area contributed by atoms with Crippen LogP contribution in [0.25, 0.3) is 16.8 Å². The highest BCUT2D eigenvalue weighted by Gasteiger charge is 2.30. The van der Waals surface area contributed by atoms with Crippen molar-refractivity contribution >= 4 is 45.5 Å². The summed E-state index contributed by atoms with van der Waals surface area (Å²) in [6, 6.07) is 7.31. The lowest BCUT2D eigenvalue weighted by Crippen LogP contribution is -2.25. The van der Waals surface area contributed by atoms with Crippen molar-refractivity contribution < 1.29 is 14.3 Å². The van der Waals surface area contributed by atoms with E-state index in [0.717, 1.165) is 15.5 Å². The summed E-state index contributed by atoms with van der Waals surface area (Å²) in [4.78, 5) is 29.2. The van der Waals surface area contributed by atoms with Crippen LogP contribution < -0.4 is 10.9 Å². The molecule has 0 aliphatic carbocycles. The van der Waals surface area contributed by atoms with E-state index in [4.69, 9.17) is 5.41 Å². The van der Waals surface area contributed by atoms with Crippen molar-refractivity contribution in [3.63, 3.8) is 0 Å². The fourth-order valence-electron chi connectivity index (χ4n) is 3.94. The second-order valence-electron chi connectivity index (χ2n) is 7.72. The number of benzene rings is 1. The summed E-state index contributed by atoms with van der Waals surface area (Å²) in [6.07, 6.45) is 0. The first-order chi connectivity index (χ1) is 15.6. The van der Waals surface area contributed by atoms with Crippen molar-refractivity contribution in [2.45, 2.75) is 30.2 Å². The van der Waals surface area contributed by atoms with E-state index in [0.29, 0.717) is 16.4 Å². The number of allylic oxidation sites excluding steroid dienone is 1. The number of hydrogen-bond acceptors (Lipinski definition) is 7. The van der Waals surface area contributed by atoms with Gasteiger partial charge >= 0.3 is 5.97 Å². The second-order valence-corrected chi connectivity index (χ2v) is 10.3. The van der Waals surface area contributed by atoms with E-state index in [-0.39, 0.29) is 33.4 Å². The highest BCUT2D eigenvalue weighted by Crippen LogP contribution is 2.51. The minimum absolute atomic E-state index is 0.0141. The third-order valence-electron chi connectivity index (χ3n) is 5.34. The minimum atomic E-state index is -1.28. The van der Waals surface area contributed by atoms with Gasteiger partial charge in [0.2, 0.25) is 0 Å². The van der Waals surface area contributed by atoms with Crippen molar-refractivity contribution in [1.82, 2.24) is 9.55 Å². The molecule has 0 saturated heterocycles. The average molecular weight is 485 g/mol. The number of thiazole rings is 1. The zero-order valence-corrected chi connectivity index (χ0v) is 19.9. The van der Waals surface area contributed by atoms with Crippen LogP contribution in [-0.2, 0) is 11.8 Å². The van der Waals surface area contributed by atoms with Crippen molar-refractivity contribution in [3.05, 3.63) is 69.0 Å². The summed E-state index contributed by atoms with van der Waals surface area (Å²) in [6.45, 7) is 5.22. The lowest BCUT2D eigenvalue weighted by Gasteiger charge is -2.24. The zero-order chi connectivity index (χ0) is 24.0. The van der Waals surface area contributed by atoms with E-state index < -0.39 is 11.8 Å². The number of rotatable bonds is 5. The van der Waals surface area contributed by atoms with Crippen LogP contribution in [0.5, 0.6) is 0 Å². The molecule has 1 aliphatic rings. The molecule has 1 atom stereocenters. The molecule has 0 amide bonds. The van der Waals surface area contributed by atoms with Gasteiger partial charge in [0, 0.05) is 40.4 Å². The molecule has 0 bridgehead atoms. The molecule has 2 aromatic heterocycles. The van der Waals surface area contributed by atoms with E-state index in [1.165, 1.54) is 36.5 Å². The number of anilines is 1. The summed E-state index contributed by atoms with van der Waals surface area (Å²) in [5.74, 6) is -1.81. The highest BCUT2D eigenvalue weighted by atomic mass is 32.2. The van der Waals surface area contributed by atoms with Crippen molar-refractivity contribution in [2.24, 2.45) is 7.05 Å². The van der Waals surface area contributed by atoms with Gasteiger partial charge in [-0.2, -0.15) is 0 Å². The maximum absolute atomic E-state index is 13.8. The SMILES string of the molecule is CC(=N)/C(=C(\Nc1nc2c(s1)SC(C)c1c-2cc(C)c(=O)n1C)C(=O)O)c1cccc(F)c1. The van der Waals surface area contributed by atoms with E-state index in [2.05, 4.69) is 10.3 Å². The van der Waals surface area contributed by atoms with Gasteiger partial charge in [-0.3, -0.25) is 4.79 Å². The van der Waals surface area contributed by atoms with E-state index >= 15 is 0 Å². The Morgan fingerprint density at radius 1 is 1.33 bits per heavy atom. The fraction of sp³-hybridized carbons (Fsp3) is 0.217. The molecule has 3 aromatic rings. The molecule has 3 N–H and O–H groups in total. The number of thioether (sulfide) groups is 1. The number of carboxylic acids is 1. The maximum Gasteiger partial charge on any atom is 0.353 e. The van der Waals surface area contributed by atoms with E-state index in [9.17, 15) is 19.1 Å². The molecule has 1 unspecified atom stereocenters. The number of nitrogens with one attached hydrogen (secondary N) is 2. The number of nitrogens with zero attached hydrogens (tertiary/aromatic N) is 2. The molecular weight excluding hydrogens is 463 g/mol. The standard InChI is InChI=1S/C23H21FN4O3S2/c1-10-8-15-17-22(32-12(3)19(15)28(4)20(10)29)33-23(26-17)27-18(21(30)31)16(11(2)25)13-6-5-7-14(24)9-13/h5-9,12,25H,1-4H3,(H,26,27)(H,30,31)/b18-16+,25-11?. The highest BCUT2D eigenvalue weighted by molar-refractivity contribution is 8.01. The zero-order valence-electron chi connectivity index (χ0n) is 18.3. The number of halogens is 1. The lowest BCUT2D eigenvalue weighted by molar-refractivity contribution is -0.132. The molecule has 170 valence electrons. The minimum Gasteiger partial charge on any atom is -0.477 e. The van der Waals surface area contributed by atoms with Crippen LogP contribution in [0.4, 0.5) is 9.52 Å². The number of aromatic nitrogens is 2. The number of hydrogen-bond donors (Lipinski definition) is 3. The summed E-state index contributed by atoms with van der Waals surface area (Å²) in [5, 5.41) is 21.3. The van der Waals surface area contributed by atoms with Gasteiger partial charge in [0.25, 0.3) is 5.56 Å². The summed E-state index contributed by atoms with van der Waals surface area (Å²) < 4.78 is 16.4. The fourth-order valence-corrected chi connectivity index (χ4v) is 6.50. The van der Waals surface area contributed by atoms with Gasteiger partial charge in [0.1, 0.15) is 11.5 Å². The Hall–Kier alpha value is -3.24. The van der Waals surface area contributed by atoms with Crippen molar-refractivity contribution in [3.8, 4) is 11.3 Å². The first-order valence-electron chi connectivity index (χ1n) is 10.0. The first-order valence-corrected chi connectivity index (χ1v) is 11.7. The Morgan fingerprint density at radius 3 is 2.70 bits per heavy atom. The van der Waals surface area contributed by atoms with Gasteiger partial charge in [-0.25, -0.2) is 14.2 Å².